The van der Waals surface area contributed by atoms with Crippen LogP contribution in [0.1, 0.15) is 39.5 Å². The first-order valence-corrected chi connectivity index (χ1v) is 5.92. The van der Waals surface area contributed by atoms with Gasteiger partial charge in [-0.15, -0.1) is 11.6 Å². The number of alkyl halides is 1. The van der Waals surface area contributed by atoms with Gasteiger partial charge in [-0.25, -0.2) is 0 Å². The minimum absolute atomic E-state index is 0.0495. The molecule has 1 rings (SSSR count). The smallest absolute Gasteiger partial charge is 0.234 e. The number of amides is 1. The van der Waals surface area contributed by atoms with E-state index in [1.165, 1.54) is 25.7 Å². The number of rotatable bonds is 3. The van der Waals surface area contributed by atoms with Crippen molar-refractivity contribution in [3.8, 4) is 0 Å². The Balaban J connectivity index is 2.31. The second-order valence-electron chi connectivity index (χ2n) is 4.90. The van der Waals surface area contributed by atoms with Gasteiger partial charge in [-0.2, -0.15) is 0 Å². The van der Waals surface area contributed by atoms with E-state index in [2.05, 4.69) is 19.2 Å². The largest absolute Gasteiger partial charge is 0.355 e. The van der Waals surface area contributed by atoms with Crippen molar-refractivity contribution in [1.29, 1.82) is 0 Å². The molecule has 0 heterocycles. The summed E-state index contributed by atoms with van der Waals surface area (Å²) in [6, 6.07) is 0. The van der Waals surface area contributed by atoms with Crippen molar-refractivity contribution in [2.45, 2.75) is 39.5 Å². The predicted octanol–water partition coefficient (Wildman–Crippen LogP) is 2.56. The van der Waals surface area contributed by atoms with Gasteiger partial charge in [-0.05, 0) is 24.2 Å². The van der Waals surface area contributed by atoms with Crippen LogP contribution in [0.2, 0.25) is 0 Å². The molecule has 14 heavy (non-hydrogen) atoms. The van der Waals surface area contributed by atoms with Gasteiger partial charge in [0, 0.05) is 6.54 Å². The number of hydrogen-bond acceptors (Lipinski definition) is 1. The molecule has 0 atom stereocenters. The van der Waals surface area contributed by atoms with Gasteiger partial charge in [0.1, 0.15) is 5.88 Å². The van der Waals surface area contributed by atoms with E-state index in [-0.39, 0.29) is 11.8 Å². The lowest BCUT2D eigenvalue weighted by Crippen LogP contribution is -2.38. The van der Waals surface area contributed by atoms with Gasteiger partial charge in [-0.1, -0.05) is 26.7 Å². The fraction of sp³-hybridized carbons (Fsp3) is 0.909. The highest BCUT2D eigenvalue weighted by molar-refractivity contribution is 6.27. The lowest BCUT2D eigenvalue weighted by molar-refractivity contribution is -0.119. The molecule has 0 aromatic heterocycles. The summed E-state index contributed by atoms with van der Waals surface area (Å²) < 4.78 is 0. The summed E-state index contributed by atoms with van der Waals surface area (Å²) >= 11 is 5.43. The maximum Gasteiger partial charge on any atom is 0.234 e. The fourth-order valence-electron chi connectivity index (χ4n) is 2.00. The van der Waals surface area contributed by atoms with Crippen LogP contribution in [0.3, 0.4) is 0 Å². The molecule has 0 unspecified atom stereocenters. The lowest BCUT2D eigenvalue weighted by atomic mass is 9.72. The molecule has 0 radical (unpaired) electrons. The van der Waals surface area contributed by atoms with E-state index < -0.39 is 0 Å². The Morgan fingerprint density at radius 1 is 1.50 bits per heavy atom. The van der Waals surface area contributed by atoms with E-state index in [9.17, 15) is 4.79 Å². The number of carbonyl (C=O) groups is 1. The average Bonchev–Trinajstić information content (AvgIpc) is 2.20. The Bertz CT molecular complexity index is 197. The molecule has 0 saturated heterocycles. The van der Waals surface area contributed by atoms with E-state index >= 15 is 0 Å². The van der Waals surface area contributed by atoms with Crippen LogP contribution in [-0.4, -0.2) is 18.3 Å². The monoisotopic (exact) mass is 217 g/mol. The minimum atomic E-state index is -0.0495. The van der Waals surface area contributed by atoms with Crippen molar-refractivity contribution in [2.75, 3.05) is 12.4 Å². The van der Waals surface area contributed by atoms with Gasteiger partial charge in [0.15, 0.2) is 0 Å². The summed E-state index contributed by atoms with van der Waals surface area (Å²) in [7, 11) is 0. The minimum Gasteiger partial charge on any atom is -0.355 e. The van der Waals surface area contributed by atoms with Gasteiger partial charge in [0.05, 0.1) is 0 Å². The molecule has 2 nitrogen and oxygen atoms in total. The molecule has 1 aliphatic rings. The molecule has 0 spiro atoms. The zero-order valence-corrected chi connectivity index (χ0v) is 9.86. The van der Waals surface area contributed by atoms with Crippen LogP contribution in [0.25, 0.3) is 0 Å². The first-order valence-electron chi connectivity index (χ1n) is 5.38. The van der Waals surface area contributed by atoms with Crippen LogP contribution >= 0.6 is 11.6 Å². The standard InChI is InChI=1S/C11H20ClNO/c1-9-3-5-11(2,6-4-9)8-13-10(14)7-12/h9H,3-8H2,1-2H3,(H,13,14). The van der Waals surface area contributed by atoms with Crippen molar-refractivity contribution in [3.63, 3.8) is 0 Å². The van der Waals surface area contributed by atoms with Crippen molar-refractivity contribution in [2.24, 2.45) is 11.3 Å². The van der Waals surface area contributed by atoms with E-state index in [0.29, 0.717) is 5.41 Å². The molecule has 0 aromatic rings. The molecule has 3 heteroatoms. The zero-order chi connectivity index (χ0) is 10.6. The van der Waals surface area contributed by atoms with Crippen molar-refractivity contribution in [3.05, 3.63) is 0 Å². The molecule has 1 N–H and O–H groups in total. The second kappa shape index (κ2) is 5.01. The first kappa shape index (κ1) is 11.8. The molecule has 1 aliphatic carbocycles. The summed E-state index contributed by atoms with van der Waals surface area (Å²) in [5.74, 6) is 0.880. The average molecular weight is 218 g/mol. The third-order valence-electron chi connectivity index (χ3n) is 3.32. The molecule has 0 bridgehead atoms. The number of nitrogens with one attached hydrogen (secondary N) is 1. The van der Waals surface area contributed by atoms with Gasteiger partial charge >= 0.3 is 0 Å². The van der Waals surface area contributed by atoms with Crippen LogP contribution in [-0.2, 0) is 4.79 Å². The zero-order valence-electron chi connectivity index (χ0n) is 9.11. The Morgan fingerprint density at radius 2 is 2.07 bits per heavy atom. The Morgan fingerprint density at radius 3 is 2.57 bits per heavy atom. The molecule has 0 aromatic carbocycles. The first-order chi connectivity index (χ1) is 6.56. The molecule has 1 fully saturated rings. The third kappa shape index (κ3) is 3.49. The van der Waals surface area contributed by atoms with Gasteiger partial charge in [-0.3, -0.25) is 4.79 Å². The fourth-order valence-corrected chi connectivity index (χ4v) is 2.09. The van der Waals surface area contributed by atoms with E-state index in [1.807, 2.05) is 0 Å². The topological polar surface area (TPSA) is 29.1 Å². The number of hydrogen-bond donors (Lipinski definition) is 1. The molecule has 82 valence electrons. The van der Waals surface area contributed by atoms with Crippen LogP contribution in [0.15, 0.2) is 0 Å². The van der Waals surface area contributed by atoms with Crippen molar-refractivity contribution < 1.29 is 4.79 Å². The van der Waals surface area contributed by atoms with Crippen LogP contribution in [0.4, 0.5) is 0 Å². The number of carbonyl (C=O) groups excluding carboxylic acids is 1. The number of halogens is 1. The summed E-state index contributed by atoms with van der Waals surface area (Å²) in [6.07, 6.45) is 5.01. The molecule has 1 amide bonds. The summed E-state index contributed by atoms with van der Waals surface area (Å²) in [6.45, 7) is 5.34. The van der Waals surface area contributed by atoms with Gasteiger partial charge < -0.3 is 5.32 Å². The highest BCUT2D eigenvalue weighted by atomic mass is 35.5. The second-order valence-corrected chi connectivity index (χ2v) is 5.17. The van der Waals surface area contributed by atoms with E-state index in [1.54, 1.807) is 0 Å². The normalized spacial score (nSPS) is 32.6. The van der Waals surface area contributed by atoms with Gasteiger partial charge in [0.25, 0.3) is 0 Å². The Kier molecular flexibility index (Phi) is 4.24. The predicted molar refractivity (Wildman–Crippen MR) is 59.5 cm³/mol. The SMILES string of the molecule is CC1CCC(C)(CNC(=O)CCl)CC1. The van der Waals surface area contributed by atoms with Gasteiger partial charge in [0.2, 0.25) is 5.91 Å². The molecule has 1 saturated carbocycles. The van der Waals surface area contributed by atoms with Crippen molar-refractivity contribution in [1.82, 2.24) is 5.32 Å². The quantitative estimate of drug-likeness (QED) is 0.724. The summed E-state index contributed by atoms with van der Waals surface area (Å²) in [4.78, 5) is 11.0. The summed E-state index contributed by atoms with van der Waals surface area (Å²) in [5.41, 5.74) is 0.300. The van der Waals surface area contributed by atoms with E-state index in [4.69, 9.17) is 11.6 Å². The maximum atomic E-state index is 11.0. The van der Waals surface area contributed by atoms with Crippen LogP contribution in [0, 0.1) is 11.3 Å². The highest BCUT2D eigenvalue weighted by Crippen LogP contribution is 2.37. The van der Waals surface area contributed by atoms with Crippen LogP contribution in [0.5, 0.6) is 0 Å². The van der Waals surface area contributed by atoms with Crippen molar-refractivity contribution >= 4 is 17.5 Å². The highest BCUT2D eigenvalue weighted by Gasteiger charge is 2.29. The third-order valence-corrected chi connectivity index (χ3v) is 3.56. The van der Waals surface area contributed by atoms with Crippen LogP contribution < -0.4 is 5.32 Å². The Hall–Kier alpha value is -0.240. The maximum absolute atomic E-state index is 11.0. The molecular formula is C11H20ClNO. The molecule has 0 aliphatic heterocycles. The Labute approximate surface area is 91.4 Å². The summed E-state index contributed by atoms with van der Waals surface area (Å²) in [5, 5.41) is 2.89. The lowest BCUT2D eigenvalue weighted by Gasteiger charge is -2.36. The molecular weight excluding hydrogens is 198 g/mol. The van der Waals surface area contributed by atoms with E-state index in [0.717, 1.165) is 12.5 Å².